The molecule has 1 atom stereocenters. The summed E-state index contributed by atoms with van der Waals surface area (Å²) < 4.78 is 22.7. The zero-order valence-corrected chi connectivity index (χ0v) is 19.2. The Balaban J connectivity index is 1.74. The molecule has 1 aliphatic carbocycles. The van der Waals surface area contributed by atoms with Gasteiger partial charge in [0, 0.05) is 24.5 Å². The van der Waals surface area contributed by atoms with Gasteiger partial charge in [-0.1, -0.05) is 0 Å². The van der Waals surface area contributed by atoms with E-state index in [-0.39, 0.29) is 11.9 Å². The molecule has 1 aliphatic heterocycles. The van der Waals surface area contributed by atoms with Crippen LogP contribution in [0, 0.1) is 0 Å². The fraction of sp³-hybridized carbons (Fsp3) is 0.308. The Labute approximate surface area is 192 Å². The van der Waals surface area contributed by atoms with Gasteiger partial charge < -0.3 is 23.8 Å². The van der Waals surface area contributed by atoms with Gasteiger partial charge in [-0.05, 0) is 65.4 Å². The SMILES string of the molecule is COc1cc2c(cc1OC)-c1c(OC)c(OC)cc3c1C(C2)N(C(=O)c1cccnc1)CC3. The molecule has 2 aromatic carbocycles. The van der Waals surface area contributed by atoms with Gasteiger partial charge in [-0.2, -0.15) is 0 Å². The summed E-state index contributed by atoms with van der Waals surface area (Å²) >= 11 is 0. The number of nitrogens with zero attached hydrogens (tertiary/aromatic N) is 2. The maximum atomic E-state index is 13.5. The predicted octanol–water partition coefficient (Wildman–Crippen LogP) is 4.08. The Kier molecular flexibility index (Phi) is 5.32. The summed E-state index contributed by atoms with van der Waals surface area (Å²) in [4.78, 5) is 19.6. The molecule has 7 heteroatoms. The molecule has 1 aromatic heterocycles. The van der Waals surface area contributed by atoms with Crippen molar-refractivity contribution in [1.29, 1.82) is 0 Å². The van der Waals surface area contributed by atoms with Gasteiger partial charge in [-0.15, -0.1) is 0 Å². The van der Waals surface area contributed by atoms with Crippen molar-refractivity contribution in [2.24, 2.45) is 0 Å². The molecule has 0 saturated heterocycles. The molecule has 0 N–H and O–H groups in total. The van der Waals surface area contributed by atoms with Crippen LogP contribution in [-0.2, 0) is 12.8 Å². The van der Waals surface area contributed by atoms with Crippen molar-refractivity contribution < 1.29 is 23.7 Å². The number of benzene rings is 2. The molecule has 0 saturated carbocycles. The lowest BCUT2D eigenvalue weighted by atomic mass is 9.76. The molecule has 170 valence electrons. The van der Waals surface area contributed by atoms with Crippen molar-refractivity contribution in [2.45, 2.75) is 18.9 Å². The normalized spacial score (nSPS) is 15.9. The molecule has 0 bridgehead atoms. The third kappa shape index (κ3) is 3.26. The first kappa shape index (κ1) is 21.1. The molecular weight excluding hydrogens is 420 g/mol. The summed E-state index contributed by atoms with van der Waals surface area (Å²) in [5.74, 6) is 2.61. The summed E-state index contributed by atoms with van der Waals surface area (Å²) in [6, 6.07) is 9.49. The lowest BCUT2D eigenvalue weighted by molar-refractivity contribution is 0.0658. The van der Waals surface area contributed by atoms with Crippen molar-refractivity contribution >= 4 is 5.91 Å². The number of hydrogen-bond donors (Lipinski definition) is 0. The molecule has 33 heavy (non-hydrogen) atoms. The number of hydrogen-bond acceptors (Lipinski definition) is 6. The first-order valence-electron chi connectivity index (χ1n) is 10.8. The Morgan fingerprint density at radius 3 is 2.36 bits per heavy atom. The van der Waals surface area contributed by atoms with Gasteiger partial charge >= 0.3 is 0 Å². The minimum absolute atomic E-state index is 0.0246. The number of rotatable bonds is 5. The number of aromatic nitrogens is 1. The van der Waals surface area contributed by atoms with Crippen LogP contribution in [0.15, 0.2) is 42.7 Å². The maximum absolute atomic E-state index is 13.5. The third-order valence-electron chi connectivity index (χ3n) is 6.59. The molecule has 0 radical (unpaired) electrons. The standard InChI is InChI=1S/C26H26N2O5/c1-30-20-12-17-10-19-23-15(7-9-28(19)26(29)16-6-5-8-27-14-16)11-22(32-3)25(33-4)24(23)18(17)13-21(20)31-2/h5-6,8,11-14,19H,7,9-10H2,1-4H3. The number of pyridine rings is 1. The van der Waals surface area contributed by atoms with E-state index in [4.69, 9.17) is 18.9 Å². The van der Waals surface area contributed by atoms with E-state index in [0.29, 0.717) is 41.5 Å². The minimum atomic E-state index is -0.137. The fourth-order valence-electron chi connectivity index (χ4n) is 5.11. The lowest BCUT2D eigenvalue weighted by Gasteiger charge is -2.42. The van der Waals surface area contributed by atoms with E-state index in [1.807, 2.05) is 29.2 Å². The van der Waals surface area contributed by atoms with Crippen LogP contribution >= 0.6 is 0 Å². The number of fused-ring (bicyclic) bond motifs is 2. The lowest BCUT2D eigenvalue weighted by Crippen LogP contribution is -2.42. The van der Waals surface area contributed by atoms with Crippen molar-refractivity contribution in [3.63, 3.8) is 0 Å². The van der Waals surface area contributed by atoms with Crippen LogP contribution in [0.3, 0.4) is 0 Å². The molecule has 1 unspecified atom stereocenters. The number of amides is 1. The smallest absolute Gasteiger partial charge is 0.255 e. The molecule has 2 heterocycles. The van der Waals surface area contributed by atoms with Gasteiger partial charge in [0.2, 0.25) is 0 Å². The predicted molar refractivity (Wildman–Crippen MR) is 124 cm³/mol. The van der Waals surface area contributed by atoms with Gasteiger partial charge in [-0.25, -0.2) is 0 Å². The van der Waals surface area contributed by atoms with E-state index in [0.717, 1.165) is 28.7 Å². The maximum Gasteiger partial charge on any atom is 0.255 e. The minimum Gasteiger partial charge on any atom is -0.493 e. The second-order valence-corrected chi connectivity index (χ2v) is 8.13. The summed E-state index contributed by atoms with van der Waals surface area (Å²) in [7, 11) is 6.55. The zero-order valence-electron chi connectivity index (χ0n) is 19.2. The average molecular weight is 447 g/mol. The van der Waals surface area contributed by atoms with Crippen LogP contribution in [0.2, 0.25) is 0 Å². The van der Waals surface area contributed by atoms with Gasteiger partial charge in [0.25, 0.3) is 5.91 Å². The van der Waals surface area contributed by atoms with Crippen LogP contribution in [0.5, 0.6) is 23.0 Å². The van der Waals surface area contributed by atoms with Gasteiger partial charge in [-0.3, -0.25) is 9.78 Å². The highest BCUT2D eigenvalue weighted by molar-refractivity contribution is 5.95. The molecule has 7 nitrogen and oxygen atoms in total. The fourth-order valence-corrected chi connectivity index (χ4v) is 5.11. The quantitative estimate of drug-likeness (QED) is 0.588. The van der Waals surface area contributed by atoms with Crippen molar-refractivity contribution in [3.8, 4) is 34.1 Å². The molecule has 3 aromatic rings. The second kappa shape index (κ2) is 8.31. The van der Waals surface area contributed by atoms with Gasteiger partial charge in [0.1, 0.15) is 0 Å². The molecule has 0 spiro atoms. The molecule has 1 amide bonds. The third-order valence-corrected chi connectivity index (χ3v) is 6.59. The number of methoxy groups -OCH3 is 4. The van der Waals surface area contributed by atoms with Crippen LogP contribution in [0.25, 0.3) is 11.1 Å². The van der Waals surface area contributed by atoms with Crippen molar-refractivity contribution in [2.75, 3.05) is 35.0 Å². The molecular formula is C26H26N2O5. The highest BCUT2D eigenvalue weighted by Gasteiger charge is 2.40. The van der Waals surface area contributed by atoms with Gasteiger partial charge in [0.15, 0.2) is 23.0 Å². The van der Waals surface area contributed by atoms with Gasteiger partial charge in [0.05, 0.1) is 40.0 Å². The first-order chi connectivity index (χ1) is 16.1. The van der Waals surface area contributed by atoms with E-state index in [1.54, 1.807) is 46.9 Å². The van der Waals surface area contributed by atoms with E-state index in [2.05, 4.69) is 4.98 Å². The van der Waals surface area contributed by atoms with E-state index in [1.165, 1.54) is 5.56 Å². The number of carbonyl (C=O) groups excluding carboxylic acids is 1. The average Bonchev–Trinajstić information content (AvgIpc) is 2.87. The Morgan fingerprint density at radius 2 is 1.70 bits per heavy atom. The summed E-state index contributed by atoms with van der Waals surface area (Å²) in [5.41, 5.74) is 5.88. The van der Waals surface area contributed by atoms with Crippen molar-refractivity contribution in [1.82, 2.24) is 9.88 Å². The molecule has 2 aliphatic rings. The summed E-state index contributed by atoms with van der Waals surface area (Å²) in [5, 5.41) is 0. The second-order valence-electron chi connectivity index (χ2n) is 8.13. The van der Waals surface area contributed by atoms with Crippen LogP contribution in [0.4, 0.5) is 0 Å². The van der Waals surface area contributed by atoms with Crippen molar-refractivity contribution in [3.05, 3.63) is 65.0 Å². The number of carbonyl (C=O) groups is 1. The molecule has 0 fully saturated rings. The van der Waals surface area contributed by atoms with E-state index in [9.17, 15) is 4.79 Å². The van der Waals surface area contributed by atoms with E-state index >= 15 is 0 Å². The highest BCUT2D eigenvalue weighted by Crippen LogP contribution is 2.54. The molecule has 5 rings (SSSR count). The van der Waals surface area contributed by atoms with Crippen LogP contribution in [0.1, 0.15) is 33.1 Å². The first-order valence-corrected chi connectivity index (χ1v) is 10.8. The summed E-state index contributed by atoms with van der Waals surface area (Å²) in [6.45, 7) is 0.614. The zero-order chi connectivity index (χ0) is 23.1. The van der Waals surface area contributed by atoms with Crippen LogP contribution < -0.4 is 18.9 Å². The Hall–Kier alpha value is -3.74. The van der Waals surface area contributed by atoms with Crippen LogP contribution in [-0.4, -0.2) is 50.8 Å². The highest BCUT2D eigenvalue weighted by atomic mass is 16.5. The number of ether oxygens (including phenoxy) is 4. The van der Waals surface area contributed by atoms with E-state index < -0.39 is 0 Å². The Morgan fingerprint density at radius 1 is 0.970 bits per heavy atom. The largest absolute Gasteiger partial charge is 0.493 e. The Bertz CT molecular complexity index is 1230. The topological polar surface area (TPSA) is 70.1 Å². The monoisotopic (exact) mass is 446 g/mol. The summed E-state index contributed by atoms with van der Waals surface area (Å²) in [6.07, 6.45) is 4.69.